The number of hydrogen-bond donors (Lipinski definition) is 3. The van der Waals surface area contributed by atoms with Gasteiger partial charge in [0.05, 0.1) is 11.3 Å². The summed E-state index contributed by atoms with van der Waals surface area (Å²) in [4.78, 5) is 16.3. The maximum atomic E-state index is 13.9. The van der Waals surface area contributed by atoms with Gasteiger partial charge in [0, 0.05) is 16.3 Å². The van der Waals surface area contributed by atoms with Gasteiger partial charge in [-0.2, -0.15) is 9.67 Å². The predicted octanol–water partition coefficient (Wildman–Crippen LogP) is 1.93. The highest BCUT2D eigenvalue weighted by atomic mass is 35.5. The zero-order valence-electron chi connectivity index (χ0n) is 14.1. The molecule has 12 heteroatoms. The van der Waals surface area contributed by atoms with E-state index in [2.05, 4.69) is 15.4 Å². The average molecular weight is 425 g/mol. The second-order valence-electron chi connectivity index (χ2n) is 5.67. The van der Waals surface area contributed by atoms with Crippen LogP contribution >= 0.6 is 11.6 Å². The Morgan fingerprint density at radius 1 is 1.21 bits per heavy atom. The highest BCUT2D eigenvalue weighted by molar-refractivity contribution is 7.89. The van der Waals surface area contributed by atoms with Crippen LogP contribution in [0.15, 0.2) is 47.4 Å². The number of primary sulfonamides is 1. The molecule has 3 rings (SSSR count). The lowest BCUT2D eigenvalue weighted by molar-refractivity contribution is 0.0900. The minimum atomic E-state index is -3.81. The normalized spacial score (nSPS) is 11.4. The minimum Gasteiger partial charge on any atom is -0.368 e. The van der Waals surface area contributed by atoms with E-state index in [0.717, 1.165) is 4.68 Å². The highest BCUT2D eigenvalue weighted by Gasteiger charge is 2.18. The predicted molar refractivity (Wildman–Crippen MR) is 101 cm³/mol. The molecule has 3 aromatic rings. The number of rotatable bonds is 5. The van der Waals surface area contributed by atoms with Crippen molar-refractivity contribution in [2.24, 2.45) is 5.14 Å². The minimum absolute atomic E-state index is 0.00571. The molecule has 0 atom stereocenters. The van der Waals surface area contributed by atoms with Crippen molar-refractivity contribution in [3.05, 3.63) is 58.9 Å². The molecule has 2 aromatic carbocycles. The molecule has 5 N–H and O–H groups in total. The van der Waals surface area contributed by atoms with Crippen molar-refractivity contribution in [1.29, 1.82) is 0 Å². The molecule has 0 aliphatic carbocycles. The summed E-state index contributed by atoms with van der Waals surface area (Å²) in [6.07, 6.45) is -0.360. The first-order chi connectivity index (χ1) is 13.1. The summed E-state index contributed by atoms with van der Waals surface area (Å²) in [5, 5.41) is 11.9. The molecule has 9 nitrogen and oxygen atoms in total. The fourth-order valence-electron chi connectivity index (χ4n) is 2.35. The van der Waals surface area contributed by atoms with Gasteiger partial charge in [0.25, 0.3) is 5.91 Å². The Morgan fingerprint density at radius 3 is 2.50 bits per heavy atom. The fraction of sp³-hybridized carbons (Fsp3) is 0.0625. The SMILES string of the molecule is Nc1nc(Nc2ccc(S(N)(=O)=O)cc2)nn1C(=O)Cc1c(F)cccc1Cl. The molecule has 0 unspecified atom stereocenters. The Hall–Kier alpha value is -3.02. The number of nitrogens with zero attached hydrogens (tertiary/aromatic N) is 3. The third kappa shape index (κ3) is 4.27. The molecule has 146 valence electrons. The van der Waals surface area contributed by atoms with Crippen LogP contribution < -0.4 is 16.2 Å². The second kappa shape index (κ2) is 7.54. The summed E-state index contributed by atoms with van der Waals surface area (Å²) < 4.78 is 37.2. The van der Waals surface area contributed by atoms with Crippen LogP contribution in [0.5, 0.6) is 0 Å². The molecule has 0 amide bonds. The van der Waals surface area contributed by atoms with Crippen LogP contribution in [-0.4, -0.2) is 29.1 Å². The number of sulfonamides is 1. The summed E-state index contributed by atoms with van der Waals surface area (Å²) in [6, 6.07) is 9.56. The number of nitrogen functional groups attached to an aromatic ring is 1. The van der Waals surface area contributed by atoms with Crippen LogP contribution in [0.4, 0.5) is 22.0 Å². The van der Waals surface area contributed by atoms with Crippen molar-refractivity contribution in [1.82, 2.24) is 14.8 Å². The third-order valence-electron chi connectivity index (χ3n) is 3.70. The molecule has 0 aliphatic rings. The van der Waals surface area contributed by atoms with E-state index in [9.17, 15) is 17.6 Å². The molecule has 1 heterocycles. The zero-order chi connectivity index (χ0) is 20.5. The van der Waals surface area contributed by atoms with Gasteiger partial charge in [0.1, 0.15) is 5.82 Å². The maximum absolute atomic E-state index is 13.9. The van der Waals surface area contributed by atoms with E-state index < -0.39 is 21.7 Å². The number of aromatic nitrogens is 3. The van der Waals surface area contributed by atoms with Crippen molar-refractivity contribution in [3.8, 4) is 0 Å². The summed E-state index contributed by atoms with van der Waals surface area (Å²) >= 11 is 5.93. The second-order valence-corrected chi connectivity index (χ2v) is 7.64. The number of halogens is 2. The van der Waals surface area contributed by atoms with Crippen molar-refractivity contribution < 1.29 is 17.6 Å². The van der Waals surface area contributed by atoms with E-state index in [4.69, 9.17) is 22.5 Å². The average Bonchev–Trinajstić information content (AvgIpc) is 2.98. The van der Waals surface area contributed by atoms with Gasteiger partial charge >= 0.3 is 0 Å². The Labute approximate surface area is 164 Å². The van der Waals surface area contributed by atoms with Gasteiger partial charge in [0.15, 0.2) is 0 Å². The molecular weight excluding hydrogens is 411 g/mol. The Balaban J connectivity index is 1.78. The van der Waals surface area contributed by atoms with Crippen LogP contribution in [0.3, 0.4) is 0 Å². The molecule has 0 fully saturated rings. The first-order valence-corrected chi connectivity index (χ1v) is 9.66. The molecule has 0 aliphatic heterocycles. The van der Waals surface area contributed by atoms with Crippen LogP contribution in [0.1, 0.15) is 10.4 Å². The summed E-state index contributed by atoms with van der Waals surface area (Å²) in [5.41, 5.74) is 6.18. The Bertz CT molecular complexity index is 1130. The van der Waals surface area contributed by atoms with Crippen molar-refractivity contribution in [3.63, 3.8) is 0 Å². The molecule has 0 bridgehead atoms. The van der Waals surface area contributed by atoms with E-state index in [-0.39, 0.29) is 33.8 Å². The van der Waals surface area contributed by atoms with E-state index >= 15 is 0 Å². The van der Waals surface area contributed by atoms with Gasteiger partial charge in [0.2, 0.25) is 21.9 Å². The smallest absolute Gasteiger partial charge is 0.254 e. The first kappa shape index (κ1) is 19.7. The Morgan fingerprint density at radius 2 is 1.89 bits per heavy atom. The fourth-order valence-corrected chi connectivity index (χ4v) is 3.09. The van der Waals surface area contributed by atoms with E-state index in [1.165, 1.54) is 42.5 Å². The van der Waals surface area contributed by atoms with Crippen molar-refractivity contribution in [2.45, 2.75) is 11.3 Å². The van der Waals surface area contributed by atoms with E-state index in [1.807, 2.05) is 0 Å². The summed E-state index contributed by atoms with van der Waals surface area (Å²) in [5.74, 6) is -1.46. The quantitative estimate of drug-likeness (QED) is 0.567. The van der Waals surface area contributed by atoms with Gasteiger partial charge in [-0.3, -0.25) is 4.79 Å². The molecule has 0 saturated carbocycles. The monoisotopic (exact) mass is 424 g/mol. The number of anilines is 3. The van der Waals surface area contributed by atoms with Crippen molar-refractivity contribution >= 4 is 45.1 Å². The lowest BCUT2D eigenvalue weighted by Crippen LogP contribution is -2.18. The molecule has 28 heavy (non-hydrogen) atoms. The van der Waals surface area contributed by atoms with Gasteiger partial charge in [-0.1, -0.05) is 17.7 Å². The topological polar surface area (TPSA) is 146 Å². The largest absolute Gasteiger partial charge is 0.368 e. The number of carbonyl (C=O) groups is 1. The van der Waals surface area contributed by atoms with Gasteiger partial charge in [-0.25, -0.2) is 17.9 Å². The highest BCUT2D eigenvalue weighted by Crippen LogP contribution is 2.21. The maximum Gasteiger partial charge on any atom is 0.254 e. The standard InChI is InChI=1S/C16H14ClFN6O3S/c17-12-2-1-3-13(18)11(12)8-14(25)24-15(19)22-16(23-24)21-9-4-6-10(7-5-9)28(20,26)27/h1-7H,8H2,(H2,20,26,27)(H3,19,21,22,23). The summed E-state index contributed by atoms with van der Waals surface area (Å²) in [7, 11) is -3.81. The third-order valence-corrected chi connectivity index (χ3v) is 4.98. The van der Waals surface area contributed by atoms with Gasteiger partial charge in [-0.05, 0) is 36.4 Å². The number of nitrogens with one attached hydrogen (secondary N) is 1. The number of nitrogens with two attached hydrogens (primary N) is 2. The number of hydrogen-bond acceptors (Lipinski definition) is 7. The molecule has 0 radical (unpaired) electrons. The van der Waals surface area contributed by atoms with E-state index in [1.54, 1.807) is 0 Å². The van der Waals surface area contributed by atoms with Gasteiger partial charge < -0.3 is 11.1 Å². The van der Waals surface area contributed by atoms with Crippen molar-refractivity contribution in [2.75, 3.05) is 11.1 Å². The molecule has 0 saturated heterocycles. The number of benzene rings is 2. The van der Waals surface area contributed by atoms with Crippen LogP contribution in [-0.2, 0) is 16.4 Å². The zero-order valence-corrected chi connectivity index (χ0v) is 15.7. The van der Waals surface area contributed by atoms with Gasteiger partial charge in [-0.15, -0.1) is 5.10 Å². The Kier molecular flexibility index (Phi) is 5.31. The van der Waals surface area contributed by atoms with E-state index in [0.29, 0.717) is 5.69 Å². The van der Waals surface area contributed by atoms with Crippen LogP contribution in [0.25, 0.3) is 0 Å². The molecular formula is C16H14ClFN6O3S. The summed E-state index contributed by atoms with van der Waals surface area (Å²) in [6.45, 7) is 0. The van der Waals surface area contributed by atoms with Crippen LogP contribution in [0, 0.1) is 5.82 Å². The molecule has 0 spiro atoms. The lowest BCUT2D eigenvalue weighted by atomic mass is 10.1. The first-order valence-electron chi connectivity index (χ1n) is 7.73. The lowest BCUT2D eigenvalue weighted by Gasteiger charge is -2.05. The van der Waals surface area contributed by atoms with Crippen LogP contribution in [0.2, 0.25) is 5.02 Å². The molecule has 1 aromatic heterocycles. The number of carbonyl (C=O) groups excluding carboxylic acids is 1.